The Labute approximate surface area is 124 Å². The predicted octanol–water partition coefficient (Wildman–Crippen LogP) is 2.67. The number of rotatable bonds is 6. The fourth-order valence-corrected chi connectivity index (χ4v) is 2.23. The lowest BCUT2D eigenvalue weighted by Gasteiger charge is -2.18. The van der Waals surface area contributed by atoms with Gasteiger partial charge < -0.3 is 10.2 Å². The molecule has 0 bridgehead atoms. The SMILES string of the molecule is CN(CCCNc1nc2ccccn2n1)c1ccccc1. The van der Waals surface area contributed by atoms with E-state index in [1.165, 1.54) is 5.69 Å². The maximum atomic E-state index is 4.41. The van der Waals surface area contributed by atoms with Crippen LogP contribution in [0, 0.1) is 0 Å². The number of para-hydroxylation sites is 1. The highest BCUT2D eigenvalue weighted by Gasteiger charge is 2.02. The van der Waals surface area contributed by atoms with Gasteiger partial charge in [0.2, 0.25) is 5.95 Å². The van der Waals surface area contributed by atoms with E-state index in [2.05, 4.69) is 51.6 Å². The topological polar surface area (TPSA) is 45.5 Å². The molecule has 0 atom stereocenters. The molecule has 0 spiro atoms. The molecule has 21 heavy (non-hydrogen) atoms. The minimum Gasteiger partial charge on any atom is -0.375 e. The summed E-state index contributed by atoms with van der Waals surface area (Å²) in [6.45, 7) is 1.85. The third kappa shape index (κ3) is 3.31. The minimum absolute atomic E-state index is 0.684. The molecule has 0 aliphatic carbocycles. The molecule has 3 aromatic rings. The number of fused-ring (bicyclic) bond motifs is 1. The molecule has 0 fully saturated rings. The van der Waals surface area contributed by atoms with Crippen molar-refractivity contribution in [2.24, 2.45) is 0 Å². The molecule has 0 radical (unpaired) electrons. The van der Waals surface area contributed by atoms with Crippen molar-refractivity contribution in [3.63, 3.8) is 0 Å². The second-order valence-corrected chi connectivity index (χ2v) is 4.98. The lowest BCUT2D eigenvalue weighted by Crippen LogP contribution is -2.20. The average Bonchev–Trinajstić information content (AvgIpc) is 2.95. The summed E-state index contributed by atoms with van der Waals surface area (Å²) >= 11 is 0. The maximum absolute atomic E-state index is 4.41. The molecule has 2 heterocycles. The van der Waals surface area contributed by atoms with Crippen LogP contribution in [0.2, 0.25) is 0 Å². The molecular formula is C16H19N5. The van der Waals surface area contributed by atoms with E-state index < -0.39 is 0 Å². The Morgan fingerprint density at radius 3 is 2.71 bits per heavy atom. The Morgan fingerprint density at radius 1 is 1.10 bits per heavy atom. The first kappa shape index (κ1) is 13.4. The number of benzene rings is 1. The van der Waals surface area contributed by atoms with Crippen LogP contribution in [0.15, 0.2) is 54.7 Å². The zero-order valence-electron chi connectivity index (χ0n) is 12.1. The summed E-state index contributed by atoms with van der Waals surface area (Å²) in [5.74, 6) is 0.684. The average molecular weight is 281 g/mol. The monoisotopic (exact) mass is 281 g/mol. The highest BCUT2D eigenvalue weighted by Crippen LogP contribution is 2.11. The van der Waals surface area contributed by atoms with Gasteiger partial charge >= 0.3 is 0 Å². The molecule has 0 aliphatic heterocycles. The summed E-state index contributed by atoms with van der Waals surface area (Å²) in [7, 11) is 2.11. The number of nitrogens with one attached hydrogen (secondary N) is 1. The Morgan fingerprint density at radius 2 is 1.90 bits per heavy atom. The summed E-state index contributed by atoms with van der Waals surface area (Å²) < 4.78 is 1.78. The van der Waals surface area contributed by atoms with Crippen molar-refractivity contribution >= 4 is 17.3 Å². The molecule has 0 unspecified atom stereocenters. The number of aromatic nitrogens is 3. The van der Waals surface area contributed by atoms with Crippen LogP contribution in [0.25, 0.3) is 5.65 Å². The minimum atomic E-state index is 0.684. The number of pyridine rings is 1. The number of hydrogen-bond acceptors (Lipinski definition) is 4. The maximum Gasteiger partial charge on any atom is 0.243 e. The molecule has 1 aromatic carbocycles. The smallest absolute Gasteiger partial charge is 0.243 e. The van der Waals surface area contributed by atoms with Gasteiger partial charge in [-0.25, -0.2) is 4.52 Å². The van der Waals surface area contributed by atoms with Crippen molar-refractivity contribution in [1.29, 1.82) is 0 Å². The predicted molar refractivity (Wildman–Crippen MR) is 85.8 cm³/mol. The quantitative estimate of drug-likeness (QED) is 0.706. The summed E-state index contributed by atoms with van der Waals surface area (Å²) in [5.41, 5.74) is 2.10. The van der Waals surface area contributed by atoms with E-state index in [0.717, 1.165) is 25.2 Å². The lowest BCUT2D eigenvalue weighted by molar-refractivity contribution is 0.810. The second kappa shape index (κ2) is 6.26. The fourth-order valence-electron chi connectivity index (χ4n) is 2.23. The fraction of sp³-hybridized carbons (Fsp3) is 0.250. The van der Waals surface area contributed by atoms with Gasteiger partial charge in [0.25, 0.3) is 0 Å². The molecule has 0 amide bonds. The van der Waals surface area contributed by atoms with Crippen molar-refractivity contribution in [3.8, 4) is 0 Å². The van der Waals surface area contributed by atoms with Crippen LogP contribution >= 0.6 is 0 Å². The Hall–Kier alpha value is -2.56. The molecule has 2 aromatic heterocycles. The molecule has 0 aliphatic rings. The van der Waals surface area contributed by atoms with E-state index in [9.17, 15) is 0 Å². The number of anilines is 2. The zero-order valence-corrected chi connectivity index (χ0v) is 12.1. The van der Waals surface area contributed by atoms with Gasteiger partial charge in [-0.05, 0) is 30.7 Å². The lowest BCUT2D eigenvalue weighted by atomic mass is 10.3. The van der Waals surface area contributed by atoms with Crippen LogP contribution in [-0.2, 0) is 0 Å². The van der Waals surface area contributed by atoms with Crippen molar-refractivity contribution < 1.29 is 0 Å². The third-order valence-electron chi connectivity index (χ3n) is 3.39. The van der Waals surface area contributed by atoms with Gasteiger partial charge in [0.1, 0.15) is 0 Å². The Balaban J connectivity index is 1.48. The Bertz CT molecular complexity index is 659. The van der Waals surface area contributed by atoms with E-state index in [-0.39, 0.29) is 0 Å². The van der Waals surface area contributed by atoms with Crippen LogP contribution in [0.3, 0.4) is 0 Å². The first-order chi connectivity index (χ1) is 10.3. The van der Waals surface area contributed by atoms with Gasteiger partial charge in [0.05, 0.1) is 0 Å². The molecule has 0 saturated carbocycles. The zero-order chi connectivity index (χ0) is 14.5. The number of nitrogens with zero attached hydrogens (tertiary/aromatic N) is 4. The van der Waals surface area contributed by atoms with Gasteiger partial charge in [-0.3, -0.25) is 0 Å². The first-order valence-electron chi connectivity index (χ1n) is 7.14. The van der Waals surface area contributed by atoms with Crippen molar-refractivity contribution in [1.82, 2.24) is 14.6 Å². The van der Waals surface area contributed by atoms with E-state index in [1.54, 1.807) is 4.52 Å². The van der Waals surface area contributed by atoms with Gasteiger partial charge in [0.15, 0.2) is 5.65 Å². The van der Waals surface area contributed by atoms with Gasteiger partial charge in [0, 0.05) is 32.0 Å². The van der Waals surface area contributed by atoms with Crippen LogP contribution in [0.5, 0.6) is 0 Å². The van der Waals surface area contributed by atoms with Crippen LogP contribution in [0.1, 0.15) is 6.42 Å². The van der Waals surface area contributed by atoms with Crippen LogP contribution in [-0.4, -0.2) is 34.7 Å². The van der Waals surface area contributed by atoms with E-state index in [1.807, 2.05) is 30.5 Å². The van der Waals surface area contributed by atoms with E-state index in [4.69, 9.17) is 0 Å². The number of hydrogen-bond donors (Lipinski definition) is 1. The highest BCUT2D eigenvalue weighted by molar-refractivity contribution is 5.45. The van der Waals surface area contributed by atoms with Crippen LogP contribution < -0.4 is 10.2 Å². The highest BCUT2D eigenvalue weighted by atomic mass is 15.3. The van der Waals surface area contributed by atoms with Crippen molar-refractivity contribution in [2.75, 3.05) is 30.4 Å². The molecule has 1 N–H and O–H groups in total. The molecule has 108 valence electrons. The van der Waals surface area contributed by atoms with E-state index >= 15 is 0 Å². The second-order valence-electron chi connectivity index (χ2n) is 4.98. The van der Waals surface area contributed by atoms with Crippen LogP contribution in [0.4, 0.5) is 11.6 Å². The molecule has 0 saturated heterocycles. The van der Waals surface area contributed by atoms with Crippen molar-refractivity contribution in [2.45, 2.75) is 6.42 Å². The summed E-state index contributed by atoms with van der Waals surface area (Å²) in [6.07, 6.45) is 2.93. The molecule has 5 nitrogen and oxygen atoms in total. The summed E-state index contributed by atoms with van der Waals surface area (Å²) in [6, 6.07) is 16.3. The van der Waals surface area contributed by atoms with Crippen molar-refractivity contribution in [3.05, 3.63) is 54.7 Å². The standard InChI is InChI=1S/C16H19N5/c1-20(14-8-3-2-4-9-14)12-7-11-17-16-18-15-10-5-6-13-21(15)19-16/h2-6,8-10,13H,7,11-12H2,1H3,(H,17,19). The van der Waals surface area contributed by atoms with Gasteiger partial charge in [-0.15, -0.1) is 5.10 Å². The van der Waals surface area contributed by atoms with Gasteiger partial charge in [-0.2, -0.15) is 4.98 Å². The Kier molecular flexibility index (Phi) is 4.00. The molecule has 5 heteroatoms. The van der Waals surface area contributed by atoms with Gasteiger partial charge in [-0.1, -0.05) is 24.3 Å². The first-order valence-corrected chi connectivity index (χ1v) is 7.14. The molecule has 3 rings (SSSR count). The third-order valence-corrected chi connectivity index (χ3v) is 3.39. The molecular weight excluding hydrogens is 262 g/mol. The summed E-state index contributed by atoms with van der Waals surface area (Å²) in [4.78, 5) is 6.66. The van der Waals surface area contributed by atoms with E-state index in [0.29, 0.717) is 5.95 Å². The summed E-state index contributed by atoms with van der Waals surface area (Å²) in [5, 5.41) is 7.64. The largest absolute Gasteiger partial charge is 0.375 e. The normalized spacial score (nSPS) is 10.7.